The van der Waals surface area contributed by atoms with Gasteiger partial charge in [0, 0.05) is 5.56 Å². The Morgan fingerprint density at radius 3 is 1.81 bits per heavy atom. The van der Waals surface area contributed by atoms with Crippen molar-refractivity contribution < 1.29 is 8.42 Å². The van der Waals surface area contributed by atoms with E-state index >= 15 is 0 Å². The number of rotatable bonds is 5. The molecule has 3 aromatic carbocycles. The van der Waals surface area contributed by atoms with E-state index in [2.05, 4.69) is 4.72 Å². The minimum atomic E-state index is -3.77. The van der Waals surface area contributed by atoms with Gasteiger partial charge in [0.2, 0.25) is 0 Å². The molecule has 132 valence electrons. The molecule has 0 heterocycles. The zero-order valence-electron chi connectivity index (χ0n) is 14.4. The van der Waals surface area contributed by atoms with Gasteiger partial charge in [-0.2, -0.15) is 0 Å². The first kappa shape index (κ1) is 17.8. The average molecular weight is 364 g/mol. The highest BCUT2D eigenvalue weighted by atomic mass is 32.2. The summed E-state index contributed by atoms with van der Waals surface area (Å²) >= 11 is 0. The second-order valence-corrected chi connectivity index (χ2v) is 7.62. The Balaban J connectivity index is 2.09. The van der Waals surface area contributed by atoms with E-state index in [-0.39, 0.29) is 4.90 Å². The van der Waals surface area contributed by atoms with Crippen molar-refractivity contribution in [1.82, 2.24) is 4.72 Å². The number of hydrogen-bond acceptors (Lipinski definition) is 3. The summed E-state index contributed by atoms with van der Waals surface area (Å²) in [7, 11) is -3.77. The second kappa shape index (κ2) is 7.45. The standard InChI is InChI=1S/C21H20N2O2S/c1-16-12-14-19(15-13-16)26(24,25)23-21(18-10-6-3-7-11-18)20(22)17-8-4-2-5-9-17/h2-15,23H,22H2,1H3. The third-order valence-electron chi connectivity index (χ3n) is 3.98. The fourth-order valence-corrected chi connectivity index (χ4v) is 3.66. The maximum absolute atomic E-state index is 12.9. The minimum Gasteiger partial charge on any atom is -0.397 e. The monoisotopic (exact) mass is 364 g/mol. The largest absolute Gasteiger partial charge is 0.397 e. The van der Waals surface area contributed by atoms with Crippen LogP contribution in [-0.4, -0.2) is 8.42 Å². The first-order valence-corrected chi connectivity index (χ1v) is 9.66. The van der Waals surface area contributed by atoms with E-state index in [9.17, 15) is 8.42 Å². The number of sulfonamides is 1. The fourth-order valence-electron chi connectivity index (χ4n) is 2.55. The molecule has 26 heavy (non-hydrogen) atoms. The predicted molar refractivity (Wildman–Crippen MR) is 105 cm³/mol. The van der Waals surface area contributed by atoms with E-state index in [4.69, 9.17) is 5.73 Å². The van der Waals surface area contributed by atoms with Crippen molar-refractivity contribution in [3.05, 3.63) is 102 Å². The predicted octanol–water partition coefficient (Wildman–Crippen LogP) is 3.76. The van der Waals surface area contributed by atoms with Crippen LogP contribution in [0.5, 0.6) is 0 Å². The SMILES string of the molecule is Cc1ccc(S(=O)(=O)NC(=C(N)c2ccccc2)c2ccccc2)cc1. The van der Waals surface area contributed by atoms with Crippen molar-refractivity contribution in [3.8, 4) is 0 Å². The Labute approximate surface area is 154 Å². The molecule has 3 aromatic rings. The van der Waals surface area contributed by atoms with Crippen LogP contribution in [0.25, 0.3) is 11.4 Å². The molecule has 0 bridgehead atoms. The highest BCUT2D eigenvalue weighted by Crippen LogP contribution is 2.23. The molecule has 0 amide bonds. The highest BCUT2D eigenvalue weighted by molar-refractivity contribution is 7.89. The lowest BCUT2D eigenvalue weighted by atomic mass is 10.1. The Kier molecular flexibility index (Phi) is 5.09. The molecule has 3 N–H and O–H groups in total. The zero-order chi connectivity index (χ0) is 18.6. The van der Waals surface area contributed by atoms with E-state index in [1.54, 1.807) is 24.3 Å². The van der Waals surface area contributed by atoms with Gasteiger partial charge in [-0.15, -0.1) is 0 Å². The van der Waals surface area contributed by atoms with Crippen LogP contribution >= 0.6 is 0 Å². The maximum atomic E-state index is 12.9. The molecule has 0 spiro atoms. The van der Waals surface area contributed by atoms with Gasteiger partial charge >= 0.3 is 0 Å². The van der Waals surface area contributed by atoms with Gasteiger partial charge in [-0.25, -0.2) is 8.42 Å². The van der Waals surface area contributed by atoms with Crippen LogP contribution in [0.3, 0.4) is 0 Å². The lowest BCUT2D eigenvalue weighted by Crippen LogP contribution is -2.25. The van der Waals surface area contributed by atoms with E-state index in [1.165, 1.54) is 0 Å². The van der Waals surface area contributed by atoms with Gasteiger partial charge in [-0.05, 0) is 24.6 Å². The topological polar surface area (TPSA) is 72.2 Å². The van der Waals surface area contributed by atoms with Crippen LogP contribution in [0.2, 0.25) is 0 Å². The molecule has 5 heteroatoms. The van der Waals surface area contributed by atoms with Crippen LogP contribution in [-0.2, 0) is 10.0 Å². The molecule has 0 atom stereocenters. The molecule has 3 rings (SSSR count). The summed E-state index contributed by atoms with van der Waals surface area (Å²) in [6, 6.07) is 25.2. The molecular formula is C21H20N2O2S. The number of aryl methyl sites for hydroxylation is 1. The number of nitrogens with two attached hydrogens (primary N) is 1. The zero-order valence-corrected chi connectivity index (χ0v) is 15.2. The van der Waals surface area contributed by atoms with Gasteiger partial charge in [0.05, 0.1) is 16.3 Å². The summed E-state index contributed by atoms with van der Waals surface area (Å²) in [5.74, 6) is 0. The Morgan fingerprint density at radius 2 is 1.27 bits per heavy atom. The molecule has 0 aliphatic carbocycles. The van der Waals surface area contributed by atoms with Crippen molar-refractivity contribution in [2.24, 2.45) is 5.73 Å². The average Bonchev–Trinajstić information content (AvgIpc) is 2.67. The summed E-state index contributed by atoms with van der Waals surface area (Å²) in [6.45, 7) is 1.91. The van der Waals surface area contributed by atoms with Gasteiger partial charge in [-0.3, -0.25) is 4.72 Å². The van der Waals surface area contributed by atoms with Crippen molar-refractivity contribution in [2.75, 3.05) is 0 Å². The molecule has 0 radical (unpaired) electrons. The molecule has 0 saturated heterocycles. The maximum Gasteiger partial charge on any atom is 0.261 e. The van der Waals surface area contributed by atoms with Gasteiger partial charge in [0.25, 0.3) is 10.0 Å². The number of hydrogen-bond donors (Lipinski definition) is 2. The molecular weight excluding hydrogens is 344 g/mol. The first-order chi connectivity index (χ1) is 12.5. The van der Waals surface area contributed by atoms with Crippen LogP contribution in [0.15, 0.2) is 89.8 Å². The van der Waals surface area contributed by atoms with Crippen molar-refractivity contribution in [3.63, 3.8) is 0 Å². The first-order valence-electron chi connectivity index (χ1n) is 8.17. The van der Waals surface area contributed by atoms with E-state index in [0.717, 1.165) is 11.1 Å². The quantitative estimate of drug-likeness (QED) is 0.677. The van der Waals surface area contributed by atoms with Crippen molar-refractivity contribution in [1.29, 1.82) is 0 Å². The van der Waals surface area contributed by atoms with Gasteiger partial charge in [0.15, 0.2) is 0 Å². The molecule has 4 nitrogen and oxygen atoms in total. The van der Waals surface area contributed by atoms with Gasteiger partial charge in [-0.1, -0.05) is 78.4 Å². The summed E-state index contributed by atoms with van der Waals surface area (Å²) in [5.41, 5.74) is 9.50. The van der Waals surface area contributed by atoms with Crippen LogP contribution in [0, 0.1) is 6.92 Å². The van der Waals surface area contributed by atoms with E-state index in [0.29, 0.717) is 17.0 Å². The van der Waals surface area contributed by atoms with Gasteiger partial charge in [0.1, 0.15) is 0 Å². The van der Waals surface area contributed by atoms with E-state index in [1.807, 2.05) is 67.6 Å². The van der Waals surface area contributed by atoms with Crippen molar-refractivity contribution >= 4 is 21.4 Å². The molecule has 0 unspecified atom stereocenters. The number of benzene rings is 3. The fraction of sp³-hybridized carbons (Fsp3) is 0.0476. The smallest absolute Gasteiger partial charge is 0.261 e. The number of nitrogens with one attached hydrogen (secondary N) is 1. The summed E-state index contributed by atoms with van der Waals surface area (Å²) in [4.78, 5) is 0.192. The Hall–Kier alpha value is -3.05. The lowest BCUT2D eigenvalue weighted by Gasteiger charge is -2.16. The van der Waals surface area contributed by atoms with Crippen LogP contribution in [0.1, 0.15) is 16.7 Å². The highest BCUT2D eigenvalue weighted by Gasteiger charge is 2.19. The summed E-state index contributed by atoms with van der Waals surface area (Å²) < 4.78 is 28.4. The Morgan fingerprint density at radius 1 is 0.769 bits per heavy atom. The minimum absolute atomic E-state index is 0.192. The third kappa shape index (κ3) is 3.95. The summed E-state index contributed by atoms with van der Waals surface area (Å²) in [6.07, 6.45) is 0. The van der Waals surface area contributed by atoms with Crippen LogP contribution in [0.4, 0.5) is 0 Å². The molecule has 0 fully saturated rings. The summed E-state index contributed by atoms with van der Waals surface area (Å²) in [5, 5.41) is 0. The molecule has 0 aliphatic heterocycles. The molecule has 0 aliphatic rings. The normalized spacial score (nSPS) is 12.3. The van der Waals surface area contributed by atoms with Gasteiger partial charge < -0.3 is 5.73 Å². The van der Waals surface area contributed by atoms with Crippen molar-refractivity contribution in [2.45, 2.75) is 11.8 Å². The lowest BCUT2D eigenvalue weighted by molar-refractivity contribution is 0.591. The van der Waals surface area contributed by atoms with E-state index < -0.39 is 10.0 Å². The second-order valence-electron chi connectivity index (χ2n) is 5.94. The Bertz CT molecular complexity index is 1010. The molecule has 0 aromatic heterocycles. The molecule has 0 saturated carbocycles. The third-order valence-corrected chi connectivity index (χ3v) is 5.35. The van der Waals surface area contributed by atoms with Crippen LogP contribution < -0.4 is 10.5 Å².